The highest BCUT2D eigenvalue weighted by Crippen LogP contribution is 2.09. The SMILES string of the molecule is CCCCCc1nc(OC)c(C=O)[nH]c1=O. The van der Waals surface area contributed by atoms with Crippen molar-refractivity contribution >= 4 is 6.29 Å². The molecule has 16 heavy (non-hydrogen) atoms. The zero-order valence-electron chi connectivity index (χ0n) is 9.58. The Morgan fingerprint density at radius 2 is 2.19 bits per heavy atom. The molecule has 5 nitrogen and oxygen atoms in total. The largest absolute Gasteiger partial charge is 0.479 e. The van der Waals surface area contributed by atoms with Crippen LogP contribution in [0.4, 0.5) is 0 Å². The first-order valence-electron chi connectivity index (χ1n) is 5.35. The van der Waals surface area contributed by atoms with Gasteiger partial charge in [-0.15, -0.1) is 0 Å². The van der Waals surface area contributed by atoms with E-state index in [1.54, 1.807) is 0 Å². The molecule has 0 aliphatic carbocycles. The highest BCUT2D eigenvalue weighted by Gasteiger charge is 2.09. The topological polar surface area (TPSA) is 72.0 Å². The van der Waals surface area contributed by atoms with Crippen LogP contribution in [0.5, 0.6) is 5.88 Å². The Labute approximate surface area is 93.9 Å². The van der Waals surface area contributed by atoms with Crippen LogP contribution in [0.15, 0.2) is 4.79 Å². The summed E-state index contributed by atoms with van der Waals surface area (Å²) in [5.41, 5.74) is 0.210. The van der Waals surface area contributed by atoms with E-state index in [-0.39, 0.29) is 17.1 Å². The molecule has 0 radical (unpaired) electrons. The fraction of sp³-hybridized carbons (Fsp3) is 0.545. The van der Waals surface area contributed by atoms with Gasteiger partial charge in [0, 0.05) is 0 Å². The minimum Gasteiger partial charge on any atom is -0.479 e. The van der Waals surface area contributed by atoms with Crippen molar-refractivity contribution in [1.29, 1.82) is 0 Å². The lowest BCUT2D eigenvalue weighted by atomic mass is 10.1. The third-order valence-corrected chi connectivity index (χ3v) is 2.31. The number of unbranched alkanes of at least 4 members (excludes halogenated alkanes) is 2. The lowest BCUT2D eigenvalue weighted by Crippen LogP contribution is -2.18. The number of nitrogens with one attached hydrogen (secondary N) is 1. The number of aromatic nitrogens is 2. The second kappa shape index (κ2) is 6.05. The second-order valence-electron chi connectivity index (χ2n) is 3.51. The van der Waals surface area contributed by atoms with Gasteiger partial charge in [0.05, 0.1) is 7.11 Å². The number of aldehydes is 1. The molecule has 0 saturated carbocycles. The maximum atomic E-state index is 11.5. The van der Waals surface area contributed by atoms with E-state index in [4.69, 9.17) is 4.74 Å². The molecule has 88 valence electrons. The normalized spacial score (nSPS) is 10.1. The first-order chi connectivity index (χ1) is 7.72. The van der Waals surface area contributed by atoms with Gasteiger partial charge in [-0.3, -0.25) is 9.59 Å². The Bertz CT molecular complexity index is 412. The van der Waals surface area contributed by atoms with Crippen LogP contribution in [0.3, 0.4) is 0 Å². The van der Waals surface area contributed by atoms with Crippen molar-refractivity contribution in [3.63, 3.8) is 0 Å². The number of hydrogen-bond acceptors (Lipinski definition) is 4. The van der Waals surface area contributed by atoms with E-state index in [2.05, 4.69) is 16.9 Å². The molecule has 0 atom stereocenters. The van der Waals surface area contributed by atoms with Crippen molar-refractivity contribution in [3.8, 4) is 5.88 Å². The van der Waals surface area contributed by atoms with Crippen molar-refractivity contribution in [3.05, 3.63) is 21.7 Å². The molecule has 0 aliphatic rings. The van der Waals surface area contributed by atoms with E-state index in [9.17, 15) is 9.59 Å². The number of methoxy groups -OCH3 is 1. The maximum Gasteiger partial charge on any atom is 0.270 e. The molecule has 5 heteroatoms. The Morgan fingerprint density at radius 3 is 2.75 bits per heavy atom. The monoisotopic (exact) mass is 224 g/mol. The third-order valence-electron chi connectivity index (χ3n) is 2.31. The number of H-pyrrole nitrogens is 1. The molecule has 1 aromatic heterocycles. The van der Waals surface area contributed by atoms with E-state index < -0.39 is 0 Å². The summed E-state index contributed by atoms with van der Waals surface area (Å²) in [5, 5.41) is 0. The zero-order chi connectivity index (χ0) is 12.0. The van der Waals surface area contributed by atoms with Gasteiger partial charge in [-0.05, 0) is 12.8 Å². The number of nitrogens with zero attached hydrogens (tertiary/aromatic N) is 1. The summed E-state index contributed by atoms with van der Waals surface area (Å²) in [7, 11) is 1.42. The summed E-state index contributed by atoms with van der Waals surface area (Å²) in [6.45, 7) is 2.09. The Morgan fingerprint density at radius 1 is 1.44 bits per heavy atom. The second-order valence-corrected chi connectivity index (χ2v) is 3.51. The first kappa shape index (κ1) is 12.4. The van der Waals surface area contributed by atoms with Crippen LogP contribution >= 0.6 is 0 Å². The molecule has 1 aromatic rings. The van der Waals surface area contributed by atoms with Crippen LogP contribution in [0.1, 0.15) is 42.4 Å². The van der Waals surface area contributed by atoms with Gasteiger partial charge in [0.15, 0.2) is 6.29 Å². The first-order valence-corrected chi connectivity index (χ1v) is 5.35. The van der Waals surface area contributed by atoms with Gasteiger partial charge in [0.2, 0.25) is 5.88 Å². The Balaban J connectivity index is 2.93. The molecule has 0 fully saturated rings. The molecular weight excluding hydrogens is 208 g/mol. The smallest absolute Gasteiger partial charge is 0.270 e. The third kappa shape index (κ3) is 2.92. The highest BCUT2D eigenvalue weighted by atomic mass is 16.5. The number of rotatable bonds is 6. The molecule has 1 heterocycles. The average molecular weight is 224 g/mol. The zero-order valence-corrected chi connectivity index (χ0v) is 9.58. The fourth-order valence-electron chi connectivity index (χ4n) is 1.43. The van der Waals surface area contributed by atoms with Crippen molar-refractivity contribution < 1.29 is 9.53 Å². The molecule has 0 spiro atoms. The predicted octanol–water partition coefficient (Wildman–Crippen LogP) is 1.32. The fourth-order valence-corrected chi connectivity index (χ4v) is 1.43. The summed E-state index contributed by atoms with van der Waals surface area (Å²) in [5.74, 6) is 0.182. The number of aryl methyl sites for hydroxylation is 1. The van der Waals surface area contributed by atoms with E-state index in [0.717, 1.165) is 19.3 Å². The molecule has 0 bridgehead atoms. The van der Waals surface area contributed by atoms with Crippen molar-refractivity contribution in [2.24, 2.45) is 0 Å². The average Bonchev–Trinajstić information content (AvgIpc) is 2.31. The van der Waals surface area contributed by atoms with Gasteiger partial charge >= 0.3 is 0 Å². The minimum atomic E-state index is -0.306. The van der Waals surface area contributed by atoms with Gasteiger partial charge in [0.25, 0.3) is 5.56 Å². The van der Waals surface area contributed by atoms with E-state index in [1.807, 2.05) is 0 Å². The molecule has 0 aliphatic heterocycles. The van der Waals surface area contributed by atoms with Gasteiger partial charge in [0.1, 0.15) is 11.4 Å². The van der Waals surface area contributed by atoms with E-state index in [0.29, 0.717) is 18.4 Å². The standard InChI is InChI=1S/C11H16N2O3/c1-3-4-5-6-8-10(15)12-9(7-14)11(13-8)16-2/h7H,3-6H2,1-2H3,(H,12,15). The molecule has 1 N–H and O–H groups in total. The van der Waals surface area contributed by atoms with Crippen molar-refractivity contribution in [2.75, 3.05) is 7.11 Å². The summed E-state index contributed by atoms with van der Waals surface area (Å²) in [6, 6.07) is 0. The predicted molar refractivity (Wildman–Crippen MR) is 60.0 cm³/mol. The van der Waals surface area contributed by atoms with Crippen LogP contribution in [0, 0.1) is 0 Å². The van der Waals surface area contributed by atoms with Crippen molar-refractivity contribution in [1.82, 2.24) is 9.97 Å². The molecule has 0 unspecified atom stereocenters. The summed E-state index contributed by atoms with van der Waals surface area (Å²) in [6.07, 6.45) is 4.19. The Hall–Kier alpha value is -1.65. The number of carbonyl (C=O) groups is 1. The molecular formula is C11H16N2O3. The van der Waals surface area contributed by atoms with Gasteiger partial charge in [-0.2, -0.15) is 0 Å². The maximum absolute atomic E-state index is 11.5. The van der Waals surface area contributed by atoms with Crippen LogP contribution in [0.25, 0.3) is 0 Å². The van der Waals surface area contributed by atoms with E-state index >= 15 is 0 Å². The van der Waals surface area contributed by atoms with E-state index in [1.165, 1.54) is 7.11 Å². The van der Waals surface area contributed by atoms with Gasteiger partial charge < -0.3 is 9.72 Å². The lowest BCUT2D eigenvalue weighted by Gasteiger charge is -2.04. The van der Waals surface area contributed by atoms with Crippen LogP contribution in [0.2, 0.25) is 0 Å². The van der Waals surface area contributed by atoms with Gasteiger partial charge in [-0.1, -0.05) is 19.8 Å². The highest BCUT2D eigenvalue weighted by molar-refractivity contribution is 5.74. The summed E-state index contributed by atoms with van der Waals surface area (Å²) >= 11 is 0. The number of aromatic amines is 1. The van der Waals surface area contributed by atoms with Crippen LogP contribution in [-0.4, -0.2) is 23.4 Å². The quantitative estimate of drug-likeness (QED) is 0.584. The van der Waals surface area contributed by atoms with Gasteiger partial charge in [-0.25, -0.2) is 4.98 Å². The van der Waals surface area contributed by atoms with Crippen LogP contribution in [-0.2, 0) is 6.42 Å². The van der Waals surface area contributed by atoms with Crippen LogP contribution < -0.4 is 10.3 Å². The molecule has 0 amide bonds. The number of carbonyl (C=O) groups excluding carboxylic acids is 1. The summed E-state index contributed by atoms with van der Waals surface area (Å²) < 4.78 is 4.93. The number of ether oxygens (including phenoxy) is 1. The molecule has 0 aromatic carbocycles. The number of hydrogen-bond donors (Lipinski definition) is 1. The van der Waals surface area contributed by atoms with Crippen molar-refractivity contribution in [2.45, 2.75) is 32.6 Å². The molecule has 1 rings (SSSR count). The molecule has 0 saturated heterocycles. The Kier molecular flexibility index (Phi) is 4.69. The lowest BCUT2D eigenvalue weighted by molar-refractivity contribution is 0.111. The summed E-state index contributed by atoms with van der Waals surface area (Å²) in [4.78, 5) is 28.6. The minimum absolute atomic E-state index is 0.0896.